The Hall–Kier alpha value is -15.7. The van der Waals surface area contributed by atoms with Crippen LogP contribution in [0.15, 0.2) is 208 Å². The maximum Gasteiger partial charge on any atom is 0.337 e. The number of hydrogen-bond acceptors (Lipinski definition) is 25. The minimum atomic E-state index is -1.40. The number of carboxylic acids is 3. The molecule has 12 unspecified atom stereocenters. The Balaban J connectivity index is 0.000000146. The second-order valence-corrected chi connectivity index (χ2v) is 31.4. The van der Waals surface area contributed by atoms with Crippen molar-refractivity contribution >= 4 is 128 Å². The van der Waals surface area contributed by atoms with E-state index >= 15 is 0 Å². The van der Waals surface area contributed by atoms with Crippen LogP contribution < -0.4 is 53.2 Å². The van der Waals surface area contributed by atoms with Gasteiger partial charge in [-0.15, -0.1) is 0 Å². The van der Waals surface area contributed by atoms with Gasteiger partial charge in [0.1, 0.15) is 55.3 Å². The summed E-state index contributed by atoms with van der Waals surface area (Å²) in [7, 11) is 1.50. The van der Waals surface area contributed by atoms with Gasteiger partial charge in [0.05, 0.1) is 76.9 Å². The van der Waals surface area contributed by atoms with Crippen LogP contribution in [0, 0.1) is 17.7 Å². The molecule has 10 heterocycles. The topological polar surface area (TPSA) is 533 Å². The molecule has 12 aromatic rings. The fraction of sp³-hybridized carbons (Fsp3) is 0.297. The van der Waals surface area contributed by atoms with Crippen LogP contribution >= 0.6 is 0 Å². The monoisotopic (exact) mass is 1830 g/mol. The molecule has 134 heavy (non-hydrogen) atoms. The van der Waals surface area contributed by atoms with Crippen molar-refractivity contribution in [1.29, 1.82) is 0 Å². The lowest BCUT2D eigenvalue weighted by atomic mass is 10.0. The highest BCUT2D eigenvalue weighted by Crippen LogP contribution is 2.49. The average Bonchev–Trinajstić information content (AvgIpc) is 1.60. The molecule has 15 atom stereocenters. The van der Waals surface area contributed by atoms with E-state index in [4.69, 9.17) is 33.2 Å². The summed E-state index contributed by atoms with van der Waals surface area (Å²) in [5, 5.41) is 55.3. The molecule has 4 aliphatic heterocycles. The number of aromatic nitrogens is 12. The van der Waals surface area contributed by atoms with Crippen LogP contribution in [-0.4, -0.2) is 234 Å². The first-order valence-corrected chi connectivity index (χ1v) is 42.9. The van der Waals surface area contributed by atoms with E-state index in [1.165, 1.54) is 73.7 Å². The van der Waals surface area contributed by atoms with E-state index in [-0.39, 0.29) is 89.6 Å². The summed E-state index contributed by atoms with van der Waals surface area (Å²) in [6.45, 7) is 7.14. The summed E-state index contributed by atoms with van der Waals surface area (Å²) >= 11 is 0. The lowest BCUT2D eigenvalue weighted by Crippen LogP contribution is -2.40. The molecule has 18 rings (SSSR count). The smallest absolute Gasteiger partial charge is 0.337 e. The van der Waals surface area contributed by atoms with Gasteiger partial charge in [0.15, 0.2) is 76.0 Å². The van der Waals surface area contributed by atoms with Crippen molar-refractivity contribution in [2.75, 3.05) is 72.9 Å². The van der Waals surface area contributed by atoms with Gasteiger partial charge in [0.2, 0.25) is 0 Å². The van der Waals surface area contributed by atoms with Gasteiger partial charge in [-0.2, -0.15) is 0 Å². The van der Waals surface area contributed by atoms with E-state index < -0.39 is 133 Å². The zero-order valence-electron chi connectivity index (χ0n) is 72.2. The Morgan fingerprint density at radius 2 is 0.821 bits per heavy atom. The zero-order valence-corrected chi connectivity index (χ0v) is 72.2. The molecule has 692 valence electrons. The number of aromatic carboxylic acids is 3. The van der Waals surface area contributed by atoms with Gasteiger partial charge < -0.3 is 99.7 Å². The molecular weight excluding hydrogens is 1740 g/mol. The second-order valence-electron chi connectivity index (χ2n) is 31.4. The fourth-order valence-electron chi connectivity index (χ4n) is 16.9. The number of imidazole rings is 3. The highest BCUT2D eigenvalue weighted by molar-refractivity contribution is 6.05. The highest BCUT2D eigenvalue weighted by Gasteiger charge is 2.56. The van der Waals surface area contributed by atoms with E-state index in [0.717, 1.165) is 22.8 Å². The maximum atomic E-state index is 14.8. The number of carboxylic acid groups (broad SMARTS) is 3. The molecule has 13 N–H and O–H groups in total. The number of rotatable bonds is 26. The molecule has 6 aliphatic rings. The van der Waals surface area contributed by atoms with Gasteiger partial charge >= 0.3 is 48.1 Å². The number of anilines is 5. The SMILES string of the molecule is CCNC(=O)Nc1ncnc2c1ncn2C1CC(CN(C)C(=O)c2c(F)cccc2C(=O)O)C2O[C@H](/C=C/c3ccccc3)OC21.CCNC(=O)Nc1ncnc2c1ncn2C1CC(CNC(=O)Nc2ccccc2C(=O)O)C2O[C@H](/C=C/c3ccccc3)OC21.CCNC(=O)Nc1ncnc2c1ncn2C1OC(CNC(=O)Nc2ccccc2C(=O)O)C2O[C@H](c3ccccc3)OC21. The number of amides is 11. The number of nitrogens with one attached hydrogen (secondary N) is 10. The van der Waals surface area contributed by atoms with Gasteiger partial charge in [-0.1, -0.05) is 133 Å². The first kappa shape index (κ1) is 91.6. The van der Waals surface area contributed by atoms with E-state index in [9.17, 15) is 62.9 Å². The molecule has 0 radical (unpaired) electrons. The van der Waals surface area contributed by atoms with Crippen molar-refractivity contribution < 1.29 is 96.0 Å². The third-order valence-corrected chi connectivity index (χ3v) is 22.9. The third kappa shape index (κ3) is 20.6. The van der Waals surface area contributed by atoms with Crippen LogP contribution in [0.2, 0.25) is 0 Å². The summed E-state index contributed by atoms with van der Waals surface area (Å²) in [4.78, 5) is 151. The minimum absolute atomic E-state index is 0.00998. The number of carbonyl (C=O) groups is 9. The third-order valence-electron chi connectivity index (χ3n) is 22.9. The number of ether oxygens (including phenoxy) is 7. The van der Waals surface area contributed by atoms with Gasteiger partial charge in [0, 0.05) is 63.7 Å². The molecule has 0 bridgehead atoms. The maximum absolute atomic E-state index is 14.8. The van der Waals surface area contributed by atoms with Crippen LogP contribution in [0.5, 0.6) is 0 Å². The number of nitrogens with zero attached hydrogens (tertiary/aromatic N) is 13. The number of carbonyl (C=O) groups excluding carboxylic acids is 6. The molecule has 11 amide bonds. The molecule has 4 saturated heterocycles. The van der Waals surface area contributed by atoms with Gasteiger partial charge in [-0.05, 0) is 93.3 Å². The summed E-state index contributed by atoms with van der Waals surface area (Å²) in [5.41, 5.74) is 4.73. The number of hydrogen-bond donors (Lipinski definition) is 13. The van der Waals surface area contributed by atoms with Gasteiger partial charge in [-0.3, -0.25) is 25.3 Å². The number of fused-ring (bicyclic) bond motifs is 6. The van der Waals surface area contributed by atoms with E-state index in [0.29, 0.717) is 66.0 Å². The fourth-order valence-corrected chi connectivity index (χ4v) is 16.9. The molecule has 43 heteroatoms. The quantitative estimate of drug-likeness (QED) is 0.0239. The lowest BCUT2D eigenvalue weighted by Gasteiger charge is -2.25. The van der Waals surface area contributed by atoms with Crippen molar-refractivity contribution in [3.05, 3.63) is 253 Å². The van der Waals surface area contributed by atoms with Crippen molar-refractivity contribution in [3.8, 4) is 0 Å². The number of urea groups is 5. The molecule has 2 saturated carbocycles. The van der Waals surface area contributed by atoms with Gasteiger partial charge in [-0.25, -0.2) is 87.6 Å². The lowest BCUT2D eigenvalue weighted by molar-refractivity contribution is -0.146. The predicted octanol–water partition coefficient (Wildman–Crippen LogP) is 10.7. The summed E-state index contributed by atoms with van der Waals surface area (Å²) in [6, 6.07) is 41.7. The van der Waals surface area contributed by atoms with Crippen molar-refractivity contribution in [2.45, 2.75) is 114 Å². The second kappa shape index (κ2) is 41.6. The van der Waals surface area contributed by atoms with Crippen LogP contribution in [0.4, 0.5) is 57.2 Å². The zero-order chi connectivity index (χ0) is 93.6. The standard InChI is InChI=1S/C32H32FN7O6.C31H32N8O6.C28H28N8O7/c1-3-34-32(44)38-28-25-29(36-16-35-28)40(17-37-25)22-14-19(15-39(2)30(41)24-20(31(42)43)10-7-11-21(24)33)26-27(22)46-23(45-26)13-12-18-8-5-4-6-9-18;1-2-32-30(42)38-27-24-28(35-16-34-27)39(17-36-24)22-14-19(15-33-31(43)37-21-11-7-6-10-20(21)29(40)41)25-26(22)45-23(44-25)13-12-18-8-4-3-5-9-18;1-2-29-27(39)35-22-19-23(32-13-31-22)36(14-33-19)24-21-20(42-26(43-21)15-8-4-3-5-9-15)18(41-24)12-30-28(40)34-17-11-7-6-10-16(17)25(37)38/h4-13,16-17,19,22-23,26-27H,3,14-15H2,1-2H3,(H,42,43)(H2,34,35,36,38,44);3-13,16-17,19,22-23,25-26H,2,14-15H2,1H3,(H,40,41)(H2,33,37,43)(H2,32,34,35,38,42);3-11,13-14,18,20-21,24,26H,2,12H2,1H3,(H,37,38)(H2,30,34,40)(H2,29,31,32,35,39)/b2*13-12+;/t19?,22?,23-,26?,27?;19?,22?,23-,25?,26?;18?,20?,21?,24?,26-/m000/s1. The summed E-state index contributed by atoms with van der Waals surface area (Å²) < 4.78 is 64.8. The number of halogens is 1. The van der Waals surface area contributed by atoms with E-state index in [1.807, 2.05) is 131 Å². The summed E-state index contributed by atoms with van der Waals surface area (Å²) in [6.07, 6.45) is 11.0. The Kier molecular flexibility index (Phi) is 28.5. The Bertz CT molecular complexity index is 6380. The van der Waals surface area contributed by atoms with E-state index in [1.54, 1.807) is 55.3 Å². The van der Waals surface area contributed by atoms with Crippen molar-refractivity contribution in [3.63, 3.8) is 0 Å². The molecule has 42 nitrogen and oxygen atoms in total. The Labute approximate surface area is 761 Å². The number of para-hydroxylation sites is 2. The molecule has 6 fully saturated rings. The predicted molar refractivity (Wildman–Crippen MR) is 480 cm³/mol. The molecule has 6 aromatic carbocycles. The van der Waals surface area contributed by atoms with E-state index in [2.05, 4.69) is 98.0 Å². The van der Waals surface area contributed by atoms with Crippen LogP contribution in [0.25, 0.3) is 45.6 Å². The number of benzene rings is 6. The molecular formula is C91H92FN23O19. The Morgan fingerprint density at radius 3 is 1.30 bits per heavy atom. The molecule has 2 aliphatic carbocycles. The largest absolute Gasteiger partial charge is 0.478 e. The average molecular weight is 1830 g/mol. The highest BCUT2D eigenvalue weighted by atomic mass is 19.1. The van der Waals surface area contributed by atoms with Crippen LogP contribution in [0.1, 0.15) is 116 Å². The summed E-state index contributed by atoms with van der Waals surface area (Å²) in [5.74, 6) is -5.05. The normalized spacial score (nSPS) is 22.4. The van der Waals surface area contributed by atoms with Gasteiger partial charge in [0.25, 0.3) is 5.91 Å². The minimum Gasteiger partial charge on any atom is -0.478 e. The first-order valence-electron chi connectivity index (χ1n) is 42.9. The van der Waals surface area contributed by atoms with Crippen molar-refractivity contribution in [1.82, 2.24) is 90.0 Å². The van der Waals surface area contributed by atoms with Crippen molar-refractivity contribution in [2.24, 2.45) is 11.8 Å². The molecule has 0 spiro atoms. The molecule has 6 aromatic heterocycles. The Morgan fingerprint density at radius 1 is 0.418 bits per heavy atom. The first-order chi connectivity index (χ1) is 65.1. The van der Waals surface area contributed by atoms with Crippen LogP contribution in [-0.2, 0) is 33.2 Å². The van der Waals surface area contributed by atoms with Crippen LogP contribution in [0.3, 0.4) is 0 Å².